The largest absolute Gasteiger partial charge is 0.489 e. The number of anilines is 1. The van der Waals surface area contributed by atoms with Gasteiger partial charge in [-0.3, -0.25) is 0 Å². The van der Waals surface area contributed by atoms with Gasteiger partial charge in [0.25, 0.3) is 0 Å². The molecule has 0 fully saturated rings. The van der Waals surface area contributed by atoms with Crippen LogP contribution in [0, 0.1) is 0 Å². The summed E-state index contributed by atoms with van der Waals surface area (Å²) < 4.78 is 5.45. The first-order chi connectivity index (χ1) is 6.90. The number of benzene rings is 1. The molecule has 1 N–H and O–H groups in total. The van der Waals surface area contributed by atoms with Crippen LogP contribution >= 0.6 is 0 Å². The lowest BCUT2D eigenvalue weighted by molar-refractivity contribution is 0.358. The van der Waals surface area contributed by atoms with E-state index < -0.39 is 0 Å². The normalized spacial score (nSPS) is 12.9. The molecule has 0 saturated heterocycles. The van der Waals surface area contributed by atoms with Gasteiger partial charge in [-0.1, -0.05) is 12.2 Å². The topological polar surface area (TPSA) is 21.3 Å². The van der Waals surface area contributed by atoms with Crippen LogP contribution in [-0.2, 0) is 0 Å². The minimum atomic E-state index is 0.673. The summed E-state index contributed by atoms with van der Waals surface area (Å²) in [6, 6.07) is 6.08. The van der Waals surface area contributed by atoms with Crippen LogP contribution in [-0.4, -0.2) is 13.2 Å². The molecule has 1 heterocycles. The van der Waals surface area contributed by atoms with Gasteiger partial charge < -0.3 is 10.1 Å². The second kappa shape index (κ2) is 4.01. The highest BCUT2D eigenvalue weighted by Crippen LogP contribution is 2.26. The Bertz CT molecular complexity index is 369. The van der Waals surface area contributed by atoms with E-state index in [1.807, 2.05) is 24.3 Å². The molecule has 1 aliphatic rings. The second-order valence-electron chi connectivity index (χ2n) is 3.14. The van der Waals surface area contributed by atoms with Gasteiger partial charge >= 0.3 is 0 Å². The first-order valence-electron chi connectivity index (χ1n) is 4.68. The van der Waals surface area contributed by atoms with E-state index >= 15 is 0 Å². The third kappa shape index (κ3) is 1.79. The Labute approximate surface area is 83.9 Å². The van der Waals surface area contributed by atoms with Crippen molar-refractivity contribution in [1.82, 2.24) is 0 Å². The van der Waals surface area contributed by atoms with Crippen LogP contribution in [0.25, 0.3) is 6.08 Å². The Balaban J connectivity index is 2.21. The smallest absolute Gasteiger partial charge is 0.127 e. The molecule has 14 heavy (non-hydrogen) atoms. The summed E-state index contributed by atoms with van der Waals surface area (Å²) in [5.74, 6) is 0.955. The van der Waals surface area contributed by atoms with E-state index in [9.17, 15) is 0 Å². The summed E-state index contributed by atoms with van der Waals surface area (Å²) in [7, 11) is 0. The zero-order valence-electron chi connectivity index (χ0n) is 7.99. The SMILES string of the molecule is C=CCNc1ccc2c(c1)C=CCO2. The van der Waals surface area contributed by atoms with Crippen molar-refractivity contribution in [3.05, 3.63) is 42.5 Å². The average molecular weight is 187 g/mol. The molecule has 1 aromatic rings. The maximum absolute atomic E-state index is 5.45. The fourth-order valence-corrected chi connectivity index (χ4v) is 1.42. The zero-order valence-corrected chi connectivity index (χ0v) is 7.99. The fraction of sp³-hybridized carbons (Fsp3) is 0.167. The third-order valence-corrected chi connectivity index (χ3v) is 2.09. The molecule has 0 amide bonds. The van der Waals surface area contributed by atoms with Crippen LogP contribution in [0.15, 0.2) is 36.9 Å². The van der Waals surface area contributed by atoms with Crippen LogP contribution in [0.1, 0.15) is 5.56 Å². The number of rotatable bonds is 3. The van der Waals surface area contributed by atoms with Crippen molar-refractivity contribution in [1.29, 1.82) is 0 Å². The van der Waals surface area contributed by atoms with Gasteiger partial charge in [-0.15, -0.1) is 6.58 Å². The number of ether oxygens (including phenoxy) is 1. The Morgan fingerprint density at radius 1 is 1.50 bits per heavy atom. The van der Waals surface area contributed by atoms with Gasteiger partial charge in [0.2, 0.25) is 0 Å². The van der Waals surface area contributed by atoms with Gasteiger partial charge in [-0.05, 0) is 24.3 Å². The minimum absolute atomic E-state index is 0.673. The molecule has 1 aromatic carbocycles. The lowest BCUT2D eigenvalue weighted by Gasteiger charge is -2.13. The Hall–Kier alpha value is -1.70. The van der Waals surface area contributed by atoms with Crippen LogP contribution in [0.2, 0.25) is 0 Å². The number of fused-ring (bicyclic) bond motifs is 1. The van der Waals surface area contributed by atoms with Crippen molar-refractivity contribution in [2.75, 3.05) is 18.5 Å². The fourth-order valence-electron chi connectivity index (χ4n) is 1.42. The molecule has 0 radical (unpaired) electrons. The molecule has 0 bridgehead atoms. The van der Waals surface area contributed by atoms with Crippen molar-refractivity contribution in [3.63, 3.8) is 0 Å². The lowest BCUT2D eigenvalue weighted by atomic mass is 10.1. The summed E-state index contributed by atoms with van der Waals surface area (Å²) in [4.78, 5) is 0. The highest BCUT2D eigenvalue weighted by Gasteiger charge is 2.04. The van der Waals surface area contributed by atoms with E-state index in [0.717, 1.165) is 23.5 Å². The standard InChI is InChI=1S/C12H13NO/c1-2-7-13-11-5-6-12-10(9-11)4-3-8-14-12/h2-6,9,13H,1,7-8H2. The maximum atomic E-state index is 5.45. The molecule has 2 nitrogen and oxygen atoms in total. The van der Waals surface area contributed by atoms with Gasteiger partial charge in [0.1, 0.15) is 12.4 Å². The summed E-state index contributed by atoms with van der Waals surface area (Å²) >= 11 is 0. The highest BCUT2D eigenvalue weighted by molar-refractivity contribution is 5.65. The summed E-state index contributed by atoms with van der Waals surface area (Å²) in [6.45, 7) is 5.12. The summed E-state index contributed by atoms with van der Waals surface area (Å²) in [6.07, 6.45) is 5.93. The second-order valence-corrected chi connectivity index (χ2v) is 3.14. The zero-order chi connectivity index (χ0) is 9.80. The minimum Gasteiger partial charge on any atom is -0.489 e. The van der Waals surface area contributed by atoms with Crippen molar-refractivity contribution < 1.29 is 4.74 Å². The first-order valence-corrected chi connectivity index (χ1v) is 4.68. The van der Waals surface area contributed by atoms with Crippen LogP contribution in [0.3, 0.4) is 0 Å². The van der Waals surface area contributed by atoms with E-state index in [-0.39, 0.29) is 0 Å². The number of hydrogen-bond acceptors (Lipinski definition) is 2. The Morgan fingerprint density at radius 2 is 2.43 bits per heavy atom. The van der Waals surface area contributed by atoms with Gasteiger partial charge in [-0.25, -0.2) is 0 Å². The molecule has 0 unspecified atom stereocenters. The first kappa shape index (κ1) is 8.88. The van der Waals surface area contributed by atoms with E-state index in [2.05, 4.69) is 24.0 Å². The monoisotopic (exact) mass is 187 g/mol. The lowest BCUT2D eigenvalue weighted by Crippen LogP contribution is -2.02. The van der Waals surface area contributed by atoms with Crippen molar-refractivity contribution >= 4 is 11.8 Å². The summed E-state index contributed by atoms with van der Waals surface area (Å²) in [5.41, 5.74) is 2.23. The van der Waals surface area contributed by atoms with E-state index in [4.69, 9.17) is 4.74 Å². The molecule has 2 heteroatoms. The predicted molar refractivity (Wildman–Crippen MR) is 59.7 cm³/mol. The van der Waals surface area contributed by atoms with E-state index in [0.29, 0.717) is 6.61 Å². The predicted octanol–water partition coefficient (Wildman–Crippen LogP) is 2.69. The molecule has 0 atom stereocenters. The molecule has 2 rings (SSSR count). The van der Waals surface area contributed by atoms with E-state index in [1.165, 1.54) is 0 Å². The molecule has 0 saturated carbocycles. The Morgan fingerprint density at radius 3 is 3.29 bits per heavy atom. The average Bonchev–Trinajstić information content (AvgIpc) is 2.26. The van der Waals surface area contributed by atoms with Gasteiger partial charge in [0.05, 0.1) is 0 Å². The molecule has 0 aromatic heterocycles. The van der Waals surface area contributed by atoms with Crippen LogP contribution < -0.4 is 10.1 Å². The van der Waals surface area contributed by atoms with Crippen molar-refractivity contribution in [2.24, 2.45) is 0 Å². The van der Waals surface area contributed by atoms with Gasteiger partial charge in [0.15, 0.2) is 0 Å². The van der Waals surface area contributed by atoms with Crippen molar-refractivity contribution in [3.8, 4) is 5.75 Å². The van der Waals surface area contributed by atoms with Crippen LogP contribution in [0.5, 0.6) is 5.75 Å². The number of nitrogens with one attached hydrogen (secondary N) is 1. The van der Waals surface area contributed by atoms with Gasteiger partial charge in [-0.2, -0.15) is 0 Å². The number of hydrogen-bond donors (Lipinski definition) is 1. The van der Waals surface area contributed by atoms with Crippen LogP contribution in [0.4, 0.5) is 5.69 Å². The Kier molecular flexibility index (Phi) is 2.54. The van der Waals surface area contributed by atoms with E-state index in [1.54, 1.807) is 0 Å². The molecule has 1 aliphatic heterocycles. The molecular formula is C12H13NO. The van der Waals surface area contributed by atoms with Gasteiger partial charge in [0, 0.05) is 17.8 Å². The molecule has 72 valence electrons. The highest BCUT2D eigenvalue weighted by atomic mass is 16.5. The molecule has 0 spiro atoms. The summed E-state index contributed by atoms with van der Waals surface area (Å²) in [5, 5.41) is 3.24. The maximum Gasteiger partial charge on any atom is 0.127 e. The molecule has 0 aliphatic carbocycles. The molecular weight excluding hydrogens is 174 g/mol. The van der Waals surface area contributed by atoms with Crippen molar-refractivity contribution in [2.45, 2.75) is 0 Å². The third-order valence-electron chi connectivity index (χ3n) is 2.09. The quantitative estimate of drug-likeness (QED) is 0.734.